The first kappa shape index (κ1) is 14.0. The normalized spacial score (nSPS) is 12.2. The molecule has 0 radical (unpaired) electrons. The minimum atomic E-state index is 0.0926. The topological polar surface area (TPSA) is 53.1 Å². The lowest BCUT2D eigenvalue weighted by Gasteiger charge is -2.29. The molecule has 3 nitrogen and oxygen atoms in total. The first-order valence-corrected chi connectivity index (χ1v) is 6.71. The molecule has 0 saturated carbocycles. The monoisotopic (exact) mass is 297 g/mol. The molecular formula is C13H20BrN3. The van der Waals surface area contributed by atoms with E-state index in [1.54, 1.807) is 0 Å². The highest BCUT2D eigenvalue weighted by Gasteiger charge is 2.12. The molecule has 1 atom stereocenters. The van der Waals surface area contributed by atoms with Gasteiger partial charge in [-0.3, -0.25) is 5.41 Å². The summed E-state index contributed by atoms with van der Waals surface area (Å²) in [6.07, 6.45) is 1.11. The largest absolute Gasteiger partial charge is 0.384 e. The maximum atomic E-state index is 7.45. The Balaban J connectivity index is 3.07. The molecule has 3 N–H and O–H groups in total. The predicted molar refractivity (Wildman–Crippen MR) is 77.9 cm³/mol. The zero-order valence-electron chi connectivity index (χ0n) is 10.6. The SMILES string of the molecule is CCC(C)N(CC)c1ccc(C(=N)N)c(Br)c1. The van der Waals surface area contributed by atoms with Gasteiger partial charge in [0, 0.05) is 28.3 Å². The van der Waals surface area contributed by atoms with Crippen molar-refractivity contribution in [2.24, 2.45) is 5.73 Å². The molecule has 0 aromatic heterocycles. The Morgan fingerprint density at radius 2 is 2.12 bits per heavy atom. The fourth-order valence-electron chi connectivity index (χ4n) is 1.87. The van der Waals surface area contributed by atoms with Gasteiger partial charge in [-0.15, -0.1) is 0 Å². The maximum absolute atomic E-state index is 7.45. The van der Waals surface area contributed by atoms with E-state index in [-0.39, 0.29) is 5.84 Å². The lowest BCUT2D eigenvalue weighted by molar-refractivity contribution is 0.630. The van der Waals surface area contributed by atoms with E-state index < -0.39 is 0 Å². The van der Waals surface area contributed by atoms with Gasteiger partial charge in [-0.05, 0) is 54.4 Å². The molecule has 4 heteroatoms. The summed E-state index contributed by atoms with van der Waals surface area (Å²) in [4.78, 5) is 2.34. The van der Waals surface area contributed by atoms with Crippen molar-refractivity contribution >= 4 is 27.5 Å². The van der Waals surface area contributed by atoms with Crippen LogP contribution in [0.1, 0.15) is 32.8 Å². The molecule has 0 fully saturated rings. The summed E-state index contributed by atoms with van der Waals surface area (Å²) in [7, 11) is 0. The van der Waals surface area contributed by atoms with Crippen LogP contribution in [-0.2, 0) is 0 Å². The van der Waals surface area contributed by atoms with Crippen LogP contribution < -0.4 is 10.6 Å². The van der Waals surface area contributed by atoms with E-state index in [2.05, 4.69) is 41.6 Å². The molecule has 0 saturated heterocycles. The van der Waals surface area contributed by atoms with Crippen LogP contribution in [0.3, 0.4) is 0 Å². The standard InChI is InChI=1S/C13H20BrN3/c1-4-9(3)17(5-2)10-6-7-11(13(15)16)12(14)8-10/h6-9H,4-5H2,1-3H3,(H3,15,16). The lowest BCUT2D eigenvalue weighted by atomic mass is 10.1. The quantitative estimate of drug-likeness (QED) is 0.647. The van der Waals surface area contributed by atoms with Crippen molar-refractivity contribution in [3.05, 3.63) is 28.2 Å². The van der Waals surface area contributed by atoms with E-state index in [9.17, 15) is 0 Å². The minimum absolute atomic E-state index is 0.0926. The number of nitrogens with one attached hydrogen (secondary N) is 1. The molecule has 1 aromatic rings. The van der Waals surface area contributed by atoms with Crippen molar-refractivity contribution in [3.63, 3.8) is 0 Å². The number of nitrogens with zero attached hydrogens (tertiary/aromatic N) is 1. The molecule has 1 aromatic carbocycles. The second-order valence-electron chi connectivity index (χ2n) is 4.12. The van der Waals surface area contributed by atoms with Crippen molar-refractivity contribution < 1.29 is 0 Å². The van der Waals surface area contributed by atoms with Crippen molar-refractivity contribution in [1.82, 2.24) is 0 Å². The van der Waals surface area contributed by atoms with E-state index in [1.165, 1.54) is 5.69 Å². The van der Waals surface area contributed by atoms with Crippen molar-refractivity contribution in [2.45, 2.75) is 33.2 Å². The molecule has 1 rings (SSSR count). The maximum Gasteiger partial charge on any atom is 0.123 e. The van der Waals surface area contributed by atoms with E-state index in [0.29, 0.717) is 6.04 Å². The van der Waals surface area contributed by atoms with Crippen LogP contribution in [0.4, 0.5) is 5.69 Å². The third-order valence-corrected chi connectivity index (χ3v) is 3.69. The van der Waals surface area contributed by atoms with Gasteiger partial charge in [0.1, 0.15) is 5.84 Å². The van der Waals surface area contributed by atoms with Gasteiger partial charge < -0.3 is 10.6 Å². The van der Waals surface area contributed by atoms with Crippen molar-refractivity contribution in [1.29, 1.82) is 5.41 Å². The Labute approximate surface area is 112 Å². The predicted octanol–water partition coefficient (Wildman–Crippen LogP) is 3.36. The van der Waals surface area contributed by atoms with E-state index in [0.717, 1.165) is 23.0 Å². The average molecular weight is 298 g/mol. The van der Waals surface area contributed by atoms with Gasteiger partial charge in [-0.25, -0.2) is 0 Å². The number of anilines is 1. The Hall–Kier alpha value is -1.03. The minimum Gasteiger partial charge on any atom is -0.384 e. The number of nitrogen functional groups attached to an aromatic ring is 1. The highest BCUT2D eigenvalue weighted by Crippen LogP contribution is 2.25. The van der Waals surface area contributed by atoms with Crippen LogP contribution in [0.15, 0.2) is 22.7 Å². The molecule has 0 bridgehead atoms. The Morgan fingerprint density at radius 3 is 2.53 bits per heavy atom. The molecule has 94 valence electrons. The Bertz CT molecular complexity index is 404. The van der Waals surface area contributed by atoms with Crippen LogP contribution in [0.2, 0.25) is 0 Å². The summed E-state index contributed by atoms with van der Waals surface area (Å²) in [6, 6.07) is 6.46. The number of nitrogens with two attached hydrogens (primary N) is 1. The van der Waals surface area contributed by atoms with Gasteiger partial charge in [0.25, 0.3) is 0 Å². The summed E-state index contributed by atoms with van der Waals surface area (Å²) in [5, 5.41) is 7.45. The molecule has 0 aliphatic carbocycles. The summed E-state index contributed by atoms with van der Waals surface area (Å²) in [6.45, 7) is 7.53. The molecule has 0 aliphatic heterocycles. The van der Waals surface area contributed by atoms with Gasteiger partial charge in [0.2, 0.25) is 0 Å². The first-order chi connectivity index (χ1) is 8.01. The van der Waals surface area contributed by atoms with Crippen LogP contribution in [0.5, 0.6) is 0 Å². The number of rotatable bonds is 5. The van der Waals surface area contributed by atoms with E-state index in [4.69, 9.17) is 11.1 Å². The average Bonchev–Trinajstić information content (AvgIpc) is 2.29. The lowest BCUT2D eigenvalue weighted by Crippen LogP contribution is -2.32. The first-order valence-electron chi connectivity index (χ1n) is 5.91. The summed E-state index contributed by atoms with van der Waals surface area (Å²) in [5.74, 6) is 0.0926. The molecule has 17 heavy (non-hydrogen) atoms. The number of halogens is 1. The third-order valence-electron chi connectivity index (χ3n) is 3.04. The molecule has 0 heterocycles. The number of benzene rings is 1. The second kappa shape index (κ2) is 6.05. The second-order valence-corrected chi connectivity index (χ2v) is 4.98. The molecule has 0 aliphatic rings. The van der Waals surface area contributed by atoms with E-state index >= 15 is 0 Å². The Kier molecular flexibility index (Phi) is 5.00. The summed E-state index contributed by atoms with van der Waals surface area (Å²) in [5.41, 5.74) is 7.41. The van der Waals surface area contributed by atoms with Crippen molar-refractivity contribution in [3.8, 4) is 0 Å². The molecule has 0 spiro atoms. The smallest absolute Gasteiger partial charge is 0.123 e. The van der Waals surface area contributed by atoms with Gasteiger partial charge in [-0.1, -0.05) is 6.92 Å². The zero-order chi connectivity index (χ0) is 13.0. The van der Waals surface area contributed by atoms with Crippen LogP contribution in [0.25, 0.3) is 0 Å². The van der Waals surface area contributed by atoms with Gasteiger partial charge in [-0.2, -0.15) is 0 Å². The Morgan fingerprint density at radius 1 is 1.47 bits per heavy atom. The van der Waals surface area contributed by atoms with Crippen LogP contribution >= 0.6 is 15.9 Å². The highest BCUT2D eigenvalue weighted by molar-refractivity contribution is 9.10. The highest BCUT2D eigenvalue weighted by atomic mass is 79.9. The fourth-order valence-corrected chi connectivity index (χ4v) is 2.45. The van der Waals surface area contributed by atoms with Crippen molar-refractivity contribution in [2.75, 3.05) is 11.4 Å². The number of amidine groups is 1. The number of hydrogen-bond donors (Lipinski definition) is 2. The van der Waals surface area contributed by atoms with E-state index in [1.807, 2.05) is 18.2 Å². The molecule has 0 amide bonds. The molecular weight excluding hydrogens is 278 g/mol. The fraction of sp³-hybridized carbons (Fsp3) is 0.462. The third kappa shape index (κ3) is 3.22. The van der Waals surface area contributed by atoms with Crippen LogP contribution in [0, 0.1) is 5.41 Å². The zero-order valence-corrected chi connectivity index (χ0v) is 12.2. The van der Waals surface area contributed by atoms with Crippen LogP contribution in [-0.4, -0.2) is 18.4 Å². The summed E-state index contributed by atoms with van der Waals surface area (Å²) >= 11 is 3.47. The summed E-state index contributed by atoms with van der Waals surface area (Å²) < 4.78 is 0.879. The number of hydrogen-bond acceptors (Lipinski definition) is 2. The van der Waals surface area contributed by atoms with Gasteiger partial charge in [0.05, 0.1) is 0 Å². The van der Waals surface area contributed by atoms with Gasteiger partial charge in [0.15, 0.2) is 0 Å². The van der Waals surface area contributed by atoms with Gasteiger partial charge >= 0.3 is 0 Å². The molecule has 1 unspecified atom stereocenters.